The van der Waals surface area contributed by atoms with Crippen LogP contribution in [0.2, 0.25) is 0 Å². The minimum Gasteiger partial charge on any atom is -0.481 e. The van der Waals surface area contributed by atoms with Gasteiger partial charge in [-0.2, -0.15) is 0 Å². The minimum absolute atomic E-state index is 0.0363. The second-order valence-electron chi connectivity index (χ2n) is 6.97. The lowest BCUT2D eigenvalue weighted by Crippen LogP contribution is -2.40. The molecule has 5 heteroatoms. The maximum Gasteiger partial charge on any atom is 0.311 e. The average molecular weight is 337 g/mol. The molecule has 1 aromatic rings. The second-order valence-corrected chi connectivity index (χ2v) is 8.43. The fourth-order valence-electron chi connectivity index (χ4n) is 3.46. The Morgan fingerprint density at radius 2 is 2.09 bits per heavy atom. The highest BCUT2D eigenvalue weighted by Crippen LogP contribution is 2.38. The fraction of sp³-hybridized carbons (Fsp3) is 0.667. The van der Waals surface area contributed by atoms with E-state index >= 15 is 0 Å². The second kappa shape index (κ2) is 7.04. The molecule has 1 unspecified atom stereocenters. The van der Waals surface area contributed by atoms with Gasteiger partial charge in [0, 0.05) is 29.3 Å². The summed E-state index contributed by atoms with van der Waals surface area (Å²) in [6.07, 6.45) is 2.81. The number of aliphatic carboxylic acids is 1. The first kappa shape index (κ1) is 18.0. The van der Waals surface area contributed by atoms with Gasteiger partial charge in [0.25, 0.3) is 0 Å². The maximum atomic E-state index is 12.4. The van der Waals surface area contributed by atoms with Crippen molar-refractivity contribution in [3.8, 4) is 0 Å². The summed E-state index contributed by atoms with van der Waals surface area (Å²) in [7, 11) is 0. The molecule has 2 rings (SSSR count). The van der Waals surface area contributed by atoms with Crippen LogP contribution in [-0.2, 0) is 16.0 Å². The molecule has 0 radical (unpaired) electrons. The molecule has 0 aromatic carbocycles. The summed E-state index contributed by atoms with van der Waals surface area (Å²) < 4.78 is 0. The zero-order valence-corrected chi connectivity index (χ0v) is 15.3. The Hall–Kier alpha value is -1.36. The average Bonchev–Trinajstić information content (AvgIpc) is 3.04. The smallest absolute Gasteiger partial charge is 0.311 e. The topological polar surface area (TPSA) is 57.6 Å². The van der Waals surface area contributed by atoms with Crippen molar-refractivity contribution < 1.29 is 14.7 Å². The molecule has 1 aliphatic rings. The number of hydrogen-bond donors (Lipinski definition) is 1. The zero-order chi connectivity index (χ0) is 17.2. The van der Waals surface area contributed by atoms with Gasteiger partial charge < -0.3 is 10.0 Å². The quantitative estimate of drug-likeness (QED) is 0.862. The number of rotatable bonds is 6. The highest BCUT2D eigenvalue weighted by molar-refractivity contribution is 7.12. The highest BCUT2D eigenvalue weighted by atomic mass is 32.1. The van der Waals surface area contributed by atoms with Crippen LogP contribution in [0.4, 0.5) is 0 Å². The number of aryl methyl sites for hydroxylation is 3. The highest BCUT2D eigenvalue weighted by Gasteiger charge is 2.48. The number of thiophene rings is 1. The van der Waals surface area contributed by atoms with Gasteiger partial charge in [0.15, 0.2) is 0 Å². The van der Waals surface area contributed by atoms with E-state index in [1.165, 1.54) is 15.3 Å². The van der Waals surface area contributed by atoms with Gasteiger partial charge in [-0.1, -0.05) is 13.8 Å². The molecule has 0 bridgehead atoms. The molecule has 1 saturated heterocycles. The molecule has 1 N–H and O–H groups in total. The number of amides is 1. The van der Waals surface area contributed by atoms with Gasteiger partial charge in [-0.25, -0.2) is 0 Å². The van der Waals surface area contributed by atoms with E-state index in [4.69, 9.17) is 0 Å². The number of nitrogens with zero attached hydrogens (tertiary/aromatic N) is 1. The summed E-state index contributed by atoms with van der Waals surface area (Å²) in [6.45, 7) is 9.02. The van der Waals surface area contributed by atoms with E-state index in [2.05, 4.69) is 19.9 Å². The largest absolute Gasteiger partial charge is 0.481 e. The molecule has 0 aliphatic carbocycles. The molecule has 1 fully saturated rings. The third-order valence-electron chi connectivity index (χ3n) is 5.17. The van der Waals surface area contributed by atoms with Gasteiger partial charge in [0.2, 0.25) is 5.91 Å². The first-order chi connectivity index (χ1) is 10.8. The Morgan fingerprint density at radius 1 is 1.39 bits per heavy atom. The lowest BCUT2D eigenvalue weighted by atomic mass is 9.76. The molecular weight excluding hydrogens is 310 g/mol. The zero-order valence-electron chi connectivity index (χ0n) is 14.5. The summed E-state index contributed by atoms with van der Waals surface area (Å²) in [5.74, 6) is -0.639. The van der Waals surface area contributed by atoms with Gasteiger partial charge in [-0.3, -0.25) is 9.59 Å². The van der Waals surface area contributed by atoms with E-state index in [0.717, 1.165) is 12.8 Å². The van der Waals surface area contributed by atoms with Crippen LogP contribution in [-0.4, -0.2) is 35.0 Å². The van der Waals surface area contributed by atoms with E-state index in [1.54, 1.807) is 16.2 Å². The number of likely N-dealkylation sites (tertiary alicyclic amines) is 1. The van der Waals surface area contributed by atoms with Gasteiger partial charge in [-0.05, 0) is 50.7 Å². The monoisotopic (exact) mass is 337 g/mol. The van der Waals surface area contributed by atoms with Gasteiger partial charge in [0.1, 0.15) is 0 Å². The van der Waals surface area contributed by atoms with Crippen LogP contribution in [0.15, 0.2) is 6.07 Å². The first-order valence-corrected chi connectivity index (χ1v) is 9.15. The lowest BCUT2D eigenvalue weighted by Gasteiger charge is -2.28. The van der Waals surface area contributed by atoms with E-state index in [-0.39, 0.29) is 11.8 Å². The number of carboxylic acid groups (broad SMARTS) is 1. The van der Waals surface area contributed by atoms with Crippen LogP contribution in [0.1, 0.15) is 48.4 Å². The molecule has 2 heterocycles. The maximum absolute atomic E-state index is 12.4. The summed E-state index contributed by atoms with van der Waals surface area (Å²) in [6, 6.07) is 2.20. The molecule has 128 valence electrons. The standard InChI is InChI=1S/C18H27NO3S/c1-12(2)18(17(21)22)8-9-19(11-18)16(20)7-5-6-15-10-13(3)23-14(15)4/h10,12H,5-9,11H2,1-4H3,(H,21,22). The predicted molar refractivity (Wildman–Crippen MR) is 92.8 cm³/mol. The summed E-state index contributed by atoms with van der Waals surface area (Å²) in [4.78, 5) is 28.4. The van der Waals surface area contributed by atoms with Crippen molar-refractivity contribution in [2.45, 2.75) is 53.4 Å². The van der Waals surface area contributed by atoms with Crippen LogP contribution < -0.4 is 0 Å². The molecule has 1 aromatic heterocycles. The Balaban J connectivity index is 1.87. The fourth-order valence-corrected chi connectivity index (χ4v) is 4.43. The number of hydrogen-bond acceptors (Lipinski definition) is 3. The van der Waals surface area contributed by atoms with Crippen molar-refractivity contribution in [2.75, 3.05) is 13.1 Å². The molecule has 0 saturated carbocycles. The van der Waals surface area contributed by atoms with Crippen molar-refractivity contribution in [3.05, 3.63) is 21.4 Å². The number of carbonyl (C=O) groups excluding carboxylic acids is 1. The predicted octanol–water partition coefficient (Wildman–Crippen LogP) is 3.65. The van der Waals surface area contributed by atoms with E-state index in [0.29, 0.717) is 25.9 Å². The van der Waals surface area contributed by atoms with Gasteiger partial charge in [-0.15, -0.1) is 11.3 Å². The molecule has 23 heavy (non-hydrogen) atoms. The summed E-state index contributed by atoms with van der Waals surface area (Å²) in [5, 5.41) is 9.55. The van der Waals surface area contributed by atoms with Crippen LogP contribution in [0, 0.1) is 25.2 Å². The van der Waals surface area contributed by atoms with Crippen LogP contribution in [0.5, 0.6) is 0 Å². The minimum atomic E-state index is -0.771. The third kappa shape index (κ3) is 3.77. The molecular formula is C18H27NO3S. The Bertz CT molecular complexity index is 593. The molecule has 1 amide bonds. The Kier molecular flexibility index (Phi) is 5.50. The van der Waals surface area contributed by atoms with Crippen molar-refractivity contribution in [1.29, 1.82) is 0 Å². The number of carboxylic acids is 1. The first-order valence-electron chi connectivity index (χ1n) is 8.33. The number of carbonyl (C=O) groups is 2. The Morgan fingerprint density at radius 3 is 2.57 bits per heavy atom. The van der Waals surface area contributed by atoms with E-state index < -0.39 is 11.4 Å². The summed E-state index contributed by atoms with van der Waals surface area (Å²) >= 11 is 1.80. The van der Waals surface area contributed by atoms with Crippen LogP contribution in [0.3, 0.4) is 0 Å². The van der Waals surface area contributed by atoms with Crippen LogP contribution >= 0.6 is 11.3 Å². The molecule has 1 aliphatic heterocycles. The van der Waals surface area contributed by atoms with Crippen molar-refractivity contribution in [1.82, 2.24) is 4.90 Å². The van der Waals surface area contributed by atoms with Crippen molar-refractivity contribution >= 4 is 23.2 Å². The van der Waals surface area contributed by atoms with Crippen LogP contribution in [0.25, 0.3) is 0 Å². The van der Waals surface area contributed by atoms with Gasteiger partial charge >= 0.3 is 5.97 Å². The van der Waals surface area contributed by atoms with Crippen molar-refractivity contribution in [2.24, 2.45) is 11.3 Å². The third-order valence-corrected chi connectivity index (χ3v) is 6.17. The Labute approximate surface area is 142 Å². The normalized spacial score (nSPS) is 21.2. The van der Waals surface area contributed by atoms with Crippen molar-refractivity contribution in [3.63, 3.8) is 0 Å². The SMILES string of the molecule is Cc1cc(CCCC(=O)N2CCC(C(=O)O)(C(C)C)C2)c(C)s1. The molecule has 1 atom stereocenters. The summed E-state index contributed by atoms with van der Waals surface area (Å²) in [5.41, 5.74) is 0.570. The molecule has 4 nitrogen and oxygen atoms in total. The van der Waals surface area contributed by atoms with Gasteiger partial charge in [0.05, 0.1) is 5.41 Å². The van der Waals surface area contributed by atoms with E-state index in [1.807, 2.05) is 13.8 Å². The van der Waals surface area contributed by atoms with E-state index in [9.17, 15) is 14.7 Å². The lowest BCUT2D eigenvalue weighted by molar-refractivity contribution is -0.151. The molecule has 0 spiro atoms.